The zero-order valence-corrected chi connectivity index (χ0v) is 13.9. The Kier molecular flexibility index (Phi) is 3.73. The predicted octanol–water partition coefficient (Wildman–Crippen LogP) is 4.79. The van der Waals surface area contributed by atoms with E-state index in [-0.39, 0.29) is 11.7 Å². The standard InChI is InChI=1S/C15H10Br2N2O2/c16-9-1-3-11(17)12(7-9)19-15(20)14-6-8-5-10(18)2-4-13(8)21-14/h1-7H,18H2,(H,19,20). The normalized spacial score (nSPS) is 10.8. The van der Waals surface area contributed by atoms with E-state index < -0.39 is 0 Å². The van der Waals surface area contributed by atoms with E-state index in [4.69, 9.17) is 10.2 Å². The van der Waals surface area contributed by atoms with Crippen molar-refractivity contribution >= 4 is 60.1 Å². The number of halogens is 2. The number of fused-ring (bicyclic) bond motifs is 1. The highest BCUT2D eigenvalue weighted by molar-refractivity contribution is 9.11. The van der Waals surface area contributed by atoms with Crippen LogP contribution in [-0.2, 0) is 0 Å². The second-order valence-corrected chi connectivity index (χ2v) is 6.26. The summed E-state index contributed by atoms with van der Waals surface area (Å²) in [5.41, 5.74) is 7.63. The Balaban J connectivity index is 1.91. The Morgan fingerprint density at radius 3 is 2.71 bits per heavy atom. The molecule has 0 aliphatic heterocycles. The Hall–Kier alpha value is -1.79. The number of nitrogens with two attached hydrogens (primary N) is 1. The van der Waals surface area contributed by atoms with Crippen molar-refractivity contribution < 1.29 is 9.21 Å². The maximum Gasteiger partial charge on any atom is 0.291 e. The van der Waals surface area contributed by atoms with E-state index in [9.17, 15) is 4.79 Å². The molecule has 1 amide bonds. The van der Waals surface area contributed by atoms with Gasteiger partial charge in [-0.15, -0.1) is 0 Å². The van der Waals surface area contributed by atoms with Crippen molar-refractivity contribution in [2.24, 2.45) is 0 Å². The van der Waals surface area contributed by atoms with E-state index in [2.05, 4.69) is 37.2 Å². The Morgan fingerprint density at radius 2 is 1.90 bits per heavy atom. The summed E-state index contributed by atoms with van der Waals surface area (Å²) >= 11 is 6.76. The average Bonchev–Trinajstić information content (AvgIpc) is 2.86. The quantitative estimate of drug-likeness (QED) is 0.597. The fraction of sp³-hybridized carbons (Fsp3) is 0. The van der Waals surface area contributed by atoms with Crippen LogP contribution < -0.4 is 11.1 Å². The van der Waals surface area contributed by atoms with Crippen molar-refractivity contribution in [2.75, 3.05) is 11.1 Å². The van der Waals surface area contributed by atoms with Gasteiger partial charge in [-0.25, -0.2) is 0 Å². The van der Waals surface area contributed by atoms with Crippen LogP contribution in [0, 0.1) is 0 Å². The van der Waals surface area contributed by atoms with E-state index in [0.29, 0.717) is 17.0 Å². The highest BCUT2D eigenvalue weighted by Gasteiger charge is 2.14. The second-order valence-electron chi connectivity index (χ2n) is 4.49. The third-order valence-electron chi connectivity index (χ3n) is 2.94. The lowest BCUT2D eigenvalue weighted by Gasteiger charge is -2.06. The number of anilines is 2. The van der Waals surface area contributed by atoms with Gasteiger partial charge in [-0.3, -0.25) is 4.79 Å². The minimum absolute atomic E-state index is 0.238. The van der Waals surface area contributed by atoms with Gasteiger partial charge in [0.05, 0.1) is 5.69 Å². The molecule has 0 saturated carbocycles. The van der Waals surface area contributed by atoms with Crippen LogP contribution >= 0.6 is 31.9 Å². The second kappa shape index (κ2) is 5.54. The number of benzene rings is 2. The molecular formula is C15H10Br2N2O2. The summed E-state index contributed by atoms with van der Waals surface area (Å²) < 4.78 is 7.20. The molecular weight excluding hydrogens is 400 g/mol. The zero-order chi connectivity index (χ0) is 15.0. The molecule has 21 heavy (non-hydrogen) atoms. The third kappa shape index (κ3) is 2.96. The number of furan rings is 1. The minimum Gasteiger partial charge on any atom is -0.451 e. The maximum absolute atomic E-state index is 12.3. The van der Waals surface area contributed by atoms with E-state index in [1.54, 1.807) is 24.3 Å². The zero-order valence-electron chi connectivity index (χ0n) is 10.7. The summed E-state index contributed by atoms with van der Waals surface area (Å²) in [5.74, 6) is -0.0777. The maximum atomic E-state index is 12.3. The lowest BCUT2D eigenvalue weighted by atomic mass is 10.2. The number of carbonyl (C=O) groups is 1. The molecule has 0 atom stereocenters. The predicted molar refractivity (Wildman–Crippen MR) is 90.4 cm³/mol. The molecule has 0 fully saturated rings. The largest absolute Gasteiger partial charge is 0.451 e. The van der Waals surface area contributed by atoms with E-state index >= 15 is 0 Å². The molecule has 1 heterocycles. The molecule has 0 spiro atoms. The Morgan fingerprint density at radius 1 is 1.10 bits per heavy atom. The van der Waals surface area contributed by atoms with Gasteiger partial charge < -0.3 is 15.5 Å². The van der Waals surface area contributed by atoms with Crippen LogP contribution in [0.15, 0.2) is 55.8 Å². The van der Waals surface area contributed by atoms with Crippen LogP contribution in [0.5, 0.6) is 0 Å². The molecule has 0 bridgehead atoms. The monoisotopic (exact) mass is 408 g/mol. The van der Waals surface area contributed by atoms with Crippen molar-refractivity contribution in [1.82, 2.24) is 0 Å². The first-order valence-electron chi connectivity index (χ1n) is 6.08. The van der Waals surface area contributed by atoms with E-state index in [1.807, 2.05) is 18.2 Å². The molecule has 4 nitrogen and oxygen atoms in total. The van der Waals surface area contributed by atoms with Gasteiger partial charge >= 0.3 is 0 Å². The van der Waals surface area contributed by atoms with Gasteiger partial charge in [0.2, 0.25) is 0 Å². The van der Waals surface area contributed by atoms with Crippen molar-refractivity contribution in [3.8, 4) is 0 Å². The van der Waals surface area contributed by atoms with E-state index in [0.717, 1.165) is 14.3 Å². The van der Waals surface area contributed by atoms with Crippen LogP contribution in [0.25, 0.3) is 11.0 Å². The molecule has 3 rings (SSSR count). The summed E-state index contributed by atoms with van der Waals surface area (Å²) in [6.07, 6.45) is 0. The van der Waals surface area contributed by atoms with E-state index in [1.165, 1.54) is 0 Å². The number of hydrogen-bond donors (Lipinski definition) is 2. The number of hydrogen-bond acceptors (Lipinski definition) is 3. The summed E-state index contributed by atoms with van der Waals surface area (Å²) in [4.78, 5) is 12.3. The number of nitrogen functional groups attached to an aromatic ring is 1. The first kappa shape index (κ1) is 14.2. The van der Waals surface area contributed by atoms with Crippen molar-refractivity contribution in [2.45, 2.75) is 0 Å². The highest BCUT2D eigenvalue weighted by Crippen LogP contribution is 2.27. The van der Waals surface area contributed by atoms with Crippen LogP contribution in [0.3, 0.4) is 0 Å². The lowest BCUT2D eigenvalue weighted by molar-refractivity contribution is 0.0998. The Labute approximate surface area is 137 Å². The number of nitrogens with one attached hydrogen (secondary N) is 1. The van der Waals surface area contributed by atoms with Gasteiger partial charge in [-0.05, 0) is 58.4 Å². The van der Waals surface area contributed by atoms with Gasteiger partial charge in [-0.2, -0.15) is 0 Å². The number of amides is 1. The highest BCUT2D eigenvalue weighted by atomic mass is 79.9. The third-order valence-corrected chi connectivity index (χ3v) is 4.13. The fourth-order valence-corrected chi connectivity index (χ4v) is 2.66. The van der Waals surface area contributed by atoms with Crippen LogP contribution in [-0.4, -0.2) is 5.91 Å². The van der Waals surface area contributed by atoms with Crippen LogP contribution in [0.4, 0.5) is 11.4 Å². The van der Waals surface area contributed by atoms with Crippen molar-refractivity contribution in [3.63, 3.8) is 0 Å². The summed E-state index contributed by atoms with van der Waals surface area (Å²) in [6, 6.07) is 12.5. The molecule has 3 N–H and O–H groups in total. The SMILES string of the molecule is Nc1ccc2oc(C(=O)Nc3cc(Br)ccc3Br)cc2c1. The summed E-state index contributed by atoms with van der Waals surface area (Å²) in [6.45, 7) is 0. The summed E-state index contributed by atoms with van der Waals surface area (Å²) in [7, 11) is 0. The number of rotatable bonds is 2. The van der Waals surface area contributed by atoms with Crippen molar-refractivity contribution in [1.29, 1.82) is 0 Å². The van der Waals surface area contributed by atoms with Crippen molar-refractivity contribution in [3.05, 3.63) is 57.2 Å². The van der Waals surface area contributed by atoms with Gasteiger partial charge in [0, 0.05) is 20.0 Å². The molecule has 106 valence electrons. The molecule has 6 heteroatoms. The smallest absolute Gasteiger partial charge is 0.291 e. The first-order chi connectivity index (χ1) is 10.0. The molecule has 0 unspecified atom stereocenters. The van der Waals surface area contributed by atoms with Gasteiger partial charge in [0.15, 0.2) is 5.76 Å². The molecule has 0 saturated heterocycles. The molecule has 0 aliphatic carbocycles. The molecule has 1 aromatic heterocycles. The Bertz CT molecular complexity index is 843. The van der Waals surface area contributed by atoms with Gasteiger partial charge in [-0.1, -0.05) is 15.9 Å². The molecule has 0 aliphatic rings. The topological polar surface area (TPSA) is 68.3 Å². The molecule has 0 radical (unpaired) electrons. The summed E-state index contributed by atoms with van der Waals surface area (Å²) in [5, 5.41) is 3.60. The molecule has 2 aromatic carbocycles. The van der Waals surface area contributed by atoms with Gasteiger partial charge in [0.25, 0.3) is 5.91 Å². The van der Waals surface area contributed by atoms with Gasteiger partial charge in [0.1, 0.15) is 5.58 Å². The average molecular weight is 410 g/mol. The first-order valence-corrected chi connectivity index (χ1v) is 7.67. The fourth-order valence-electron chi connectivity index (χ4n) is 1.95. The minimum atomic E-state index is -0.316. The number of carbonyl (C=O) groups excluding carboxylic acids is 1. The van der Waals surface area contributed by atoms with Crippen LogP contribution in [0.2, 0.25) is 0 Å². The van der Waals surface area contributed by atoms with Crippen LogP contribution in [0.1, 0.15) is 10.6 Å². The molecule has 3 aromatic rings. The lowest BCUT2D eigenvalue weighted by Crippen LogP contribution is -2.11.